The summed E-state index contributed by atoms with van der Waals surface area (Å²) in [4.78, 5) is 27.8. The van der Waals surface area contributed by atoms with Crippen molar-refractivity contribution in [3.63, 3.8) is 0 Å². The van der Waals surface area contributed by atoms with E-state index in [0.717, 1.165) is 16.6 Å². The van der Waals surface area contributed by atoms with Crippen molar-refractivity contribution in [3.05, 3.63) is 127 Å². The van der Waals surface area contributed by atoms with Crippen LogP contribution in [0, 0.1) is 42.2 Å². The standard InChI is InChI=1S/C17H12N.C6H3N3O7/c1-2-6-15(7-3-1)9-10-16-11-13-18-12-5-4-8-17(18)14-16;10-6-4(8(13)14)1-3(7(11)12)2-5(6)9(15)16/h1-8,11-14H;1-2,10H/q+1;. The molecule has 0 radical (unpaired) electrons. The summed E-state index contributed by atoms with van der Waals surface area (Å²) in [5, 5.41) is 40.2. The fourth-order valence-electron chi connectivity index (χ4n) is 2.81. The maximum absolute atomic E-state index is 10.4. The van der Waals surface area contributed by atoms with Crippen LogP contribution in [0.5, 0.6) is 5.75 Å². The fraction of sp³-hybridized carbons (Fsp3) is 0. The number of aromatic nitrogens is 1. The van der Waals surface area contributed by atoms with Crippen molar-refractivity contribution < 1.29 is 24.3 Å². The Hall–Kier alpha value is -5.37. The van der Waals surface area contributed by atoms with Crippen molar-refractivity contribution in [1.29, 1.82) is 0 Å². The van der Waals surface area contributed by atoms with Gasteiger partial charge in [0.15, 0.2) is 12.4 Å². The van der Waals surface area contributed by atoms with Gasteiger partial charge >= 0.3 is 11.4 Å². The van der Waals surface area contributed by atoms with E-state index in [9.17, 15) is 30.3 Å². The molecule has 11 nitrogen and oxygen atoms in total. The van der Waals surface area contributed by atoms with Gasteiger partial charge in [-0.1, -0.05) is 30.0 Å². The lowest BCUT2D eigenvalue weighted by molar-refractivity contribution is -0.512. The molecule has 0 bridgehead atoms. The third kappa shape index (κ3) is 5.65. The molecule has 1 N–H and O–H groups in total. The third-order valence-electron chi connectivity index (χ3n) is 4.42. The lowest BCUT2D eigenvalue weighted by Gasteiger charge is -1.97. The minimum atomic E-state index is -1.21. The van der Waals surface area contributed by atoms with Gasteiger partial charge in [0.2, 0.25) is 5.52 Å². The number of nitro groups is 3. The van der Waals surface area contributed by atoms with Gasteiger partial charge < -0.3 is 5.11 Å². The van der Waals surface area contributed by atoms with Crippen LogP contribution in [0.15, 0.2) is 85.2 Å². The molecule has 0 atom stereocenters. The van der Waals surface area contributed by atoms with Crippen LogP contribution >= 0.6 is 0 Å². The second-order valence-electron chi connectivity index (χ2n) is 6.67. The largest absolute Gasteiger partial charge is 0.497 e. The van der Waals surface area contributed by atoms with Crippen molar-refractivity contribution >= 4 is 22.6 Å². The average Bonchev–Trinajstić information content (AvgIpc) is 2.83. The van der Waals surface area contributed by atoms with Gasteiger partial charge in [-0.25, -0.2) is 0 Å². The number of hydrogen-bond acceptors (Lipinski definition) is 7. The van der Waals surface area contributed by atoms with E-state index in [1.807, 2.05) is 60.9 Å². The van der Waals surface area contributed by atoms with Crippen molar-refractivity contribution in [2.75, 3.05) is 0 Å². The van der Waals surface area contributed by atoms with E-state index in [2.05, 4.69) is 28.4 Å². The molecule has 4 aromatic rings. The van der Waals surface area contributed by atoms with Crippen molar-refractivity contribution in [1.82, 2.24) is 0 Å². The number of nitrogens with zero attached hydrogens (tertiary/aromatic N) is 4. The summed E-state index contributed by atoms with van der Waals surface area (Å²) in [6.45, 7) is 0. The Bertz CT molecular complexity index is 1430. The van der Waals surface area contributed by atoms with Crippen LogP contribution in [0.1, 0.15) is 11.1 Å². The Labute approximate surface area is 191 Å². The first-order valence-corrected chi connectivity index (χ1v) is 9.53. The highest BCUT2D eigenvalue weighted by Gasteiger charge is 2.30. The lowest BCUT2D eigenvalue weighted by atomic mass is 10.2. The summed E-state index contributed by atoms with van der Waals surface area (Å²) in [6.07, 6.45) is 4.06. The Morgan fingerprint density at radius 2 is 1.26 bits per heavy atom. The highest BCUT2D eigenvalue weighted by atomic mass is 16.6. The Morgan fingerprint density at radius 3 is 1.85 bits per heavy atom. The molecule has 2 heterocycles. The van der Waals surface area contributed by atoms with E-state index in [1.54, 1.807) is 0 Å². The number of non-ortho nitro benzene ring substituents is 1. The summed E-state index contributed by atoms with van der Waals surface area (Å²) >= 11 is 0. The number of phenols is 1. The molecule has 0 saturated carbocycles. The summed E-state index contributed by atoms with van der Waals surface area (Å²) in [5.74, 6) is 5.15. The molecule has 0 unspecified atom stereocenters. The molecule has 0 amide bonds. The van der Waals surface area contributed by atoms with Gasteiger partial charge in [-0.3, -0.25) is 30.3 Å². The van der Waals surface area contributed by atoms with E-state index in [0.29, 0.717) is 12.1 Å². The molecule has 0 fully saturated rings. The SMILES string of the molecule is C(#Cc1cc[n+]2ccccc2c1)c1ccccc1.O=[N+]([O-])c1cc([N+](=O)[O-])c(O)c([N+](=O)[O-])c1. The van der Waals surface area contributed by atoms with E-state index in [-0.39, 0.29) is 0 Å². The molecule has 2 aromatic heterocycles. The number of phenolic OH excluding ortho intramolecular Hbond substituents is 1. The number of aromatic hydroxyl groups is 1. The van der Waals surface area contributed by atoms with Crippen LogP contribution in [0.3, 0.4) is 0 Å². The molecular weight excluding hydrogens is 444 g/mol. The van der Waals surface area contributed by atoms with Crippen molar-refractivity contribution in [3.8, 4) is 17.6 Å². The number of benzene rings is 2. The van der Waals surface area contributed by atoms with E-state index >= 15 is 0 Å². The second kappa shape index (κ2) is 10.3. The minimum Gasteiger partial charge on any atom is -0.497 e. The summed E-state index contributed by atoms with van der Waals surface area (Å²) in [5.41, 5.74) is 0.221. The number of fused-ring (bicyclic) bond motifs is 1. The molecule has 0 aliphatic heterocycles. The Morgan fingerprint density at radius 1 is 0.676 bits per heavy atom. The molecule has 34 heavy (non-hydrogen) atoms. The smallest absolute Gasteiger partial charge is 0.324 e. The highest BCUT2D eigenvalue weighted by Crippen LogP contribution is 2.38. The average molecular weight is 459 g/mol. The van der Waals surface area contributed by atoms with Gasteiger partial charge in [-0.15, -0.1) is 0 Å². The minimum absolute atomic E-state index is 0.447. The molecular formula is C23H15N4O7+. The van der Waals surface area contributed by atoms with Gasteiger partial charge in [0.25, 0.3) is 11.4 Å². The molecule has 2 aromatic carbocycles. The molecule has 168 valence electrons. The number of rotatable bonds is 3. The zero-order valence-corrected chi connectivity index (χ0v) is 17.3. The first-order valence-electron chi connectivity index (χ1n) is 9.53. The quantitative estimate of drug-likeness (QED) is 0.211. The molecule has 0 spiro atoms. The Balaban J connectivity index is 0.000000192. The van der Waals surface area contributed by atoms with Crippen LogP contribution in [0.2, 0.25) is 0 Å². The number of pyridine rings is 2. The van der Waals surface area contributed by atoms with Gasteiger partial charge in [0.1, 0.15) is 0 Å². The van der Waals surface area contributed by atoms with E-state index < -0.39 is 37.6 Å². The van der Waals surface area contributed by atoms with Crippen LogP contribution in [0.25, 0.3) is 5.52 Å². The topological polar surface area (TPSA) is 154 Å². The number of hydrogen-bond donors (Lipinski definition) is 1. The lowest BCUT2D eigenvalue weighted by Crippen LogP contribution is -2.19. The molecule has 11 heteroatoms. The van der Waals surface area contributed by atoms with Gasteiger partial charge in [-0.05, 0) is 18.2 Å². The first kappa shape index (κ1) is 23.3. The maximum Gasteiger partial charge on any atom is 0.324 e. The molecule has 0 aliphatic carbocycles. The van der Waals surface area contributed by atoms with Crippen molar-refractivity contribution in [2.24, 2.45) is 0 Å². The normalized spacial score (nSPS) is 9.76. The molecule has 4 rings (SSSR count). The summed E-state index contributed by atoms with van der Waals surface area (Å²) in [7, 11) is 0. The highest BCUT2D eigenvalue weighted by molar-refractivity contribution is 5.64. The van der Waals surface area contributed by atoms with E-state index in [1.165, 1.54) is 0 Å². The van der Waals surface area contributed by atoms with Gasteiger partial charge in [0, 0.05) is 35.4 Å². The first-order chi connectivity index (χ1) is 16.3. The number of nitro benzene ring substituents is 3. The zero-order chi connectivity index (χ0) is 24.7. The molecule has 0 saturated heterocycles. The summed E-state index contributed by atoms with van der Waals surface area (Å²) in [6, 6.07) is 21.2. The van der Waals surface area contributed by atoms with E-state index in [4.69, 9.17) is 5.11 Å². The van der Waals surface area contributed by atoms with Gasteiger partial charge in [0.05, 0.1) is 26.9 Å². The van der Waals surface area contributed by atoms with Crippen LogP contribution in [0.4, 0.5) is 17.1 Å². The zero-order valence-electron chi connectivity index (χ0n) is 17.3. The monoisotopic (exact) mass is 459 g/mol. The second-order valence-corrected chi connectivity index (χ2v) is 6.67. The molecule has 0 aliphatic rings. The maximum atomic E-state index is 10.4. The summed E-state index contributed by atoms with van der Waals surface area (Å²) < 4.78 is 2.08. The predicted octanol–water partition coefficient (Wildman–Crippen LogP) is 3.94. The Kier molecular flexibility index (Phi) is 7.05. The van der Waals surface area contributed by atoms with Crippen molar-refractivity contribution in [2.45, 2.75) is 0 Å². The predicted molar refractivity (Wildman–Crippen MR) is 120 cm³/mol. The third-order valence-corrected chi connectivity index (χ3v) is 4.42. The van der Waals surface area contributed by atoms with Crippen LogP contribution in [-0.4, -0.2) is 19.9 Å². The fourth-order valence-corrected chi connectivity index (χ4v) is 2.81. The van der Waals surface area contributed by atoms with Gasteiger partial charge in [-0.2, -0.15) is 4.40 Å². The van der Waals surface area contributed by atoms with Crippen LogP contribution < -0.4 is 4.40 Å². The van der Waals surface area contributed by atoms with Crippen LogP contribution in [-0.2, 0) is 0 Å².